The van der Waals surface area contributed by atoms with E-state index >= 15 is 0 Å². The van der Waals surface area contributed by atoms with E-state index < -0.39 is 0 Å². The minimum absolute atomic E-state index is 0.0647. The monoisotopic (exact) mass is 358 g/mol. The number of pyridine rings is 1. The van der Waals surface area contributed by atoms with Crippen LogP contribution in [0.2, 0.25) is 0 Å². The number of benzene rings is 2. The van der Waals surface area contributed by atoms with Crippen LogP contribution < -0.4 is 10.5 Å². The Hall–Kier alpha value is -3.14. The minimum atomic E-state index is -0.109. The quantitative estimate of drug-likeness (QED) is 0.715. The number of aryl methyl sites for hydroxylation is 1. The predicted octanol–water partition coefficient (Wildman–Crippen LogP) is 3.80. The zero-order valence-corrected chi connectivity index (χ0v) is 15.6. The van der Waals surface area contributed by atoms with Crippen molar-refractivity contribution in [2.45, 2.75) is 32.9 Å². The number of aromatic nitrogens is 1. The average Bonchev–Trinajstić information content (AvgIpc) is 3.00. The summed E-state index contributed by atoms with van der Waals surface area (Å²) in [7, 11) is 0. The van der Waals surface area contributed by atoms with Crippen molar-refractivity contribution in [1.82, 2.24) is 4.57 Å². The first-order valence-electron chi connectivity index (χ1n) is 9.20. The normalized spacial score (nSPS) is 15.6. The molecule has 1 aliphatic heterocycles. The fourth-order valence-corrected chi connectivity index (χ4v) is 3.69. The second-order valence-electron chi connectivity index (χ2n) is 7.23. The number of hydrogen-bond acceptors (Lipinski definition) is 2. The molecular formula is C23H22N2O2. The van der Waals surface area contributed by atoms with E-state index in [0.29, 0.717) is 12.1 Å². The van der Waals surface area contributed by atoms with E-state index in [1.54, 1.807) is 16.8 Å². The molecule has 1 aliphatic rings. The van der Waals surface area contributed by atoms with Crippen LogP contribution in [0, 0.1) is 6.92 Å². The Balaban J connectivity index is 1.65. The molecule has 1 atom stereocenters. The standard InChI is InChI=1S/C23H22N2O2/c1-16-7-9-18(10-8-16)14-24-15-20(11-12-22(24)26)23(27)25-17(2)13-19-5-3-4-6-21(19)25/h3-12,15,17H,13-14H2,1-2H3/t17-/m0/s1. The summed E-state index contributed by atoms with van der Waals surface area (Å²) < 4.78 is 1.60. The number of carbonyl (C=O) groups is 1. The Kier molecular flexibility index (Phi) is 4.40. The SMILES string of the molecule is Cc1ccc(Cn2cc(C(=O)N3c4ccccc4C[C@@H]3C)ccc2=O)cc1. The fourth-order valence-electron chi connectivity index (χ4n) is 3.69. The van der Waals surface area contributed by atoms with E-state index in [9.17, 15) is 9.59 Å². The Morgan fingerprint density at radius 3 is 2.56 bits per heavy atom. The lowest BCUT2D eigenvalue weighted by molar-refractivity contribution is 0.0980. The molecule has 0 saturated heterocycles. The Morgan fingerprint density at radius 1 is 1.04 bits per heavy atom. The van der Waals surface area contributed by atoms with E-state index in [2.05, 4.69) is 13.0 Å². The Morgan fingerprint density at radius 2 is 1.78 bits per heavy atom. The third-order valence-corrected chi connectivity index (χ3v) is 5.13. The van der Waals surface area contributed by atoms with Gasteiger partial charge in [0.2, 0.25) is 0 Å². The van der Waals surface area contributed by atoms with Crippen LogP contribution in [0.5, 0.6) is 0 Å². The largest absolute Gasteiger partial charge is 0.310 e. The summed E-state index contributed by atoms with van der Waals surface area (Å²) in [5, 5.41) is 0. The lowest BCUT2D eigenvalue weighted by atomic mass is 10.1. The number of rotatable bonds is 3. The van der Waals surface area contributed by atoms with Crippen molar-refractivity contribution >= 4 is 11.6 Å². The van der Waals surface area contributed by atoms with Crippen molar-refractivity contribution in [2.24, 2.45) is 0 Å². The zero-order chi connectivity index (χ0) is 19.0. The van der Waals surface area contributed by atoms with Gasteiger partial charge in [-0.15, -0.1) is 0 Å². The van der Waals surface area contributed by atoms with Gasteiger partial charge in [-0.05, 0) is 43.5 Å². The zero-order valence-electron chi connectivity index (χ0n) is 15.6. The van der Waals surface area contributed by atoms with Crippen LogP contribution >= 0.6 is 0 Å². The summed E-state index contributed by atoms with van der Waals surface area (Å²) in [5.41, 5.74) is 4.79. The molecule has 0 bridgehead atoms. The number of amides is 1. The first kappa shape index (κ1) is 17.3. The number of hydrogen-bond donors (Lipinski definition) is 0. The van der Waals surface area contributed by atoms with Gasteiger partial charge in [0.1, 0.15) is 0 Å². The van der Waals surface area contributed by atoms with Gasteiger partial charge in [0.25, 0.3) is 11.5 Å². The Bertz CT molecular complexity index is 1050. The lowest BCUT2D eigenvalue weighted by Gasteiger charge is -2.23. The van der Waals surface area contributed by atoms with Gasteiger partial charge in [0, 0.05) is 24.0 Å². The summed E-state index contributed by atoms with van der Waals surface area (Å²) in [4.78, 5) is 27.3. The summed E-state index contributed by atoms with van der Waals surface area (Å²) in [6.45, 7) is 4.54. The molecule has 0 fully saturated rings. The first-order valence-corrected chi connectivity index (χ1v) is 9.20. The molecule has 1 amide bonds. The average molecular weight is 358 g/mol. The molecule has 0 unspecified atom stereocenters. The highest BCUT2D eigenvalue weighted by Gasteiger charge is 2.31. The molecule has 0 radical (unpaired) electrons. The highest BCUT2D eigenvalue weighted by molar-refractivity contribution is 6.07. The van der Waals surface area contributed by atoms with Gasteiger partial charge in [0.05, 0.1) is 12.1 Å². The molecule has 3 aromatic rings. The van der Waals surface area contributed by atoms with Crippen LogP contribution in [0.25, 0.3) is 0 Å². The lowest BCUT2D eigenvalue weighted by Crippen LogP contribution is -2.36. The van der Waals surface area contributed by atoms with E-state index in [-0.39, 0.29) is 17.5 Å². The van der Waals surface area contributed by atoms with E-state index in [0.717, 1.165) is 17.7 Å². The molecule has 0 aliphatic carbocycles. The van der Waals surface area contributed by atoms with E-state index in [4.69, 9.17) is 0 Å². The van der Waals surface area contributed by atoms with Crippen LogP contribution in [0.4, 0.5) is 5.69 Å². The summed E-state index contributed by atoms with van der Waals surface area (Å²) in [5.74, 6) is -0.0647. The Labute approximate surface area is 158 Å². The molecule has 2 heterocycles. The maximum absolute atomic E-state index is 13.2. The topological polar surface area (TPSA) is 42.3 Å². The minimum Gasteiger partial charge on any atom is -0.310 e. The molecule has 0 spiro atoms. The summed E-state index contributed by atoms with van der Waals surface area (Å²) in [6, 6.07) is 19.3. The molecule has 1 aromatic heterocycles. The summed E-state index contributed by atoms with van der Waals surface area (Å²) >= 11 is 0. The van der Waals surface area contributed by atoms with Crippen LogP contribution in [0.15, 0.2) is 71.7 Å². The highest BCUT2D eigenvalue weighted by Crippen LogP contribution is 2.32. The summed E-state index contributed by atoms with van der Waals surface area (Å²) in [6.07, 6.45) is 2.53. The third-order valence-electron chi connectivity index (χ3n) is 5.13. The van der Waals surface area contributed by atoms with Crippen molar-refractivity contribution in [2.75, 3.05) is 4.90 Å². The van der Waals surface area contributed by atoms with E-state index in [1.807, 2.05) is 54.3 Å². The maximum Gasteiger partial charge on any atom is 0.260 e. The molecule has 0 N–H and O–H groups in total. The van der Waals surface area contributed by atoms with Crippen LogP contribution in [-0.2, 0) is 13.0 Å². The van der Waals surface area contributed by atoms with Gasteiger partial charge in [-0.2, -0.15) is 0 Å². The smallest absolute Gasteiger partial charge is 0.260 e. The molecule has 27 heavy (non-hydrogen) atoms. The predicted molar refractivity (Wildman–Crippen MR) is 107 cm³/mol. The van der Waals surface area contributed by atoms with Crippen molar-refractivity contribution in [3.8, 4) is 0 Å². The number of fused-ring (bicyclic) bond motifs is 1. The van der Waals surface area contributed by atoms with Gasteiger partial charge < -0.3 is 9.47 Å². The molecule has 2 aromatic carbocycles. The van der Waals surface area contributed by atoms with Crippen LogP contribution in [0.3, 0.4) is 0 Å². The van der Waals surface area contributed by atoms with Gasteiger partial charge in [0.15, 0.2) is 0 Å². The van der Waals surface area contributed by atoms with Crippen molar-refractivity contribution in [3.05, 3.63) is 99.5 Å². The molecule has 0 saturated carbocycles. The number of carbonyl (C=O) groups excluding carboxylic acids is 1. The van der Waals surface area contributed by atoms with Gasteiger partial charge in [-0.1, -0.05) is 48.0 Å². The van der Waals surface area contributed by atoms with Crippen molar-refractivity contribution in [1.29, 1.82) is 0 Å². The van der Waals surface area contributed by atoms with Crippen molar-refractivity contribution in [3.63, 3.8) is 0 Å². The fraction of sp³-hybridized carbons (Fsp3) is 0.217. The first-order chi connectivity index (χ1) is 13.0. The van der Waals surface area contributed by atoms with Crippen LogP contribution in [-0.4, -0.2) is 16.5 Å². The molecule has 4 rings (SSSR count). The highest BCUT2D eigenvalue weighted by atomic mass is 16.2. The number of anilines is 1. The van der Waals surface area contributed by atoms with Gasteiger partial charge in [-0.25, -0.2) is 0 Å². The second kappa shape index (κ2) is 6.88. The molecule has 4 nitrogen and oxygen atoms in total. The number of nitrogens with zero attached hydrogens (tertiary/aromatic N) is 2. The molecular weight excluding hydrogens is 336 g/mol. The van der Waals surface area contributed by atoms with Crippen molar-refractivity contribution < 1.29 is 4.79 Å². The maximum atomic E-state index is 13.2. The van der Waals surface area contributed by atoms with E-state index in [1.165, 1.54) is 17.2 Å². The second-order valence-corrected chi connectivity index (χ2v) is 7.23. The number of para-hydroxylation sites is 1. The molecule has 4 heteroatoms. The van der Waals surface area contributed by atoms with Crippen LogP contribution in [0.1, 0.15) is 34.0 Å². The third kappa shape index (κ3) is 3.31. The van der Waals surface area contributed by atoms with Gasteiger partial charge >= 0.3 is 0 Å². The molecule has 136 valence electrons. The van der Waals surface area contributed by atoms with Gasteiger partial charge in [-0.3, -0.25) is 9.59 Å².